The maximum Gasteiger partial charge on any atom is 0.242 e. The molecular formula is C79H115N9O4S3. The predicted molar refractivity (Wildman–Crippen MR) is 396 cm³/mol. The Labute approximate surface area is 581 Å². The normalized spacial score (nSPS) is 25.3. The van der Waals surface area contributed by atoms with Crippen LogP contribution in [0.3, 0.4) is 0 Å². The molecule has 95 heavy (non-hydrogen) atoms. The standard InChI is InChI=1S/C27H37N3O2S.2C26H39N3OS/c1-26(2)10-11-27(3,4)20-14-17(7-8-19(20)26)21-16-33-24(29-21)18-6-5-13-30(15-18)25(32)23-22(31)9-12-28-23;1-17(30)22(27)15-29-12-6-7-19(14-29)24-28-23(16-31-24)18-8-9-20-21(13-18)26(4,5)11-10-25(20,2)3;1-25(2)10-11-26(3,4)22-15-19(5-6-21(22)25)23-17-31-24(28-23)18-7-12-29(13-8-18)16-20(27)9-14-30/h7-8,14,16,18,22-23,28,31H,5-6,9-13,15H2,1-4H3;8-9,13,16-17,19,22,30H,6-7,10-12,14-15,27H2,1-5H3;5-6,15,17-18,20,30H,7-14,16,27H2,1-4H3/t18?,22-,23-;17-,19?,22-;20-/m010/s1. The fraction of sp³-hybridized carbons (Fsp3) is 0.646. The minimum atomic E-state index is -0.567. The summed E-state index contributed by atoms with van der Waals surface area (Å²) in [6.07, 6.45) is 14.3. The Morgan fingerprint density at radius 3 is 1.37 bits per heavy atom. The van der Waals surface area contributed by atoms with Gasteiger partial charge in [-0.15, -0.1) is 34.0 Å². The minimum Gasteiger partial charge on any atom is -0.396 e. The molecule has 7 atom stereocenters. The van der Waals surface area contributed by atoms with Crippen LogP contribution in [0.2, 0.25) is 0 Å². The highest BCUT2D eigenvalue weighted by Crippen LogP contribution is 2.50. The summed E-state index contributed by atoms with van der Waals surface area (Å²) in [5.74, 6) is 1.33. The number of nitrogens with two attached hydrogens (primary N) is 2. The number of rotatable bonds is 14. The Balaban J connectivity index is 0.000000145. The fourth-order valence-corrected chi connectivity index (χ4v) is 19.3. The first-order valence-electron chi connectivity index (χ1n) is 36.2. The number of aliphatic hydroxyl groups is 3. The number of aromatic nitrogens is 3. The Morgan fingerprint density at radius 1 is 0.547 bits per heavy atom. The Kier molecular flexibility index (Phi) is 22.1. The molecule has 0 spiro atoms. The molecule has 4 aliphatic heterocycles. The lowest BCUT2D eigenvalue weighted by molar-refractivity contribution is -0.136. The Morgan fingerprint density at radius 2 is 0.958 bits per heavy atom. The van der Waals surface area contributed by atoms with Crippen LogP contribution in [0.1, 0.15) is 246 Å². The number of carbonyl (C=O) groups excluding carboxylic acids is 1. The van der Waals surface area contributed by atoms with Crippen molar-refractivity contribution in [2.75, 3.05) is 65.5 Å². The smallest absolute Gasteiger partial charge is 0.242 e. The van der Waals surface area contributed by atoms with Crippen molar-refractivity contribution in [1.29, 1.82) is 0 Å². The molecule has 8 N–H and O–H groups in total. The second-order valence-electron chi connectivity index (χ2n) is 33.6. The molecule has 2 unspecified atom stereocenters. The van der Waals surface area contributed by atoms with Crippen LogP contribution in [0.5, 0.6) is 0 Å². The molecule has 7 aliphatic rings. The molecule has 0 bridgehead atoms. The van der Waals surface area contributed by atoms with E-state index in [4.69, 9.17) is 31.5 Å². The van der Waals surface area contributed by atoms with E-state index in [2.05, 4.69) is 169 Å². The maximum absolute atomic E-state index is 13.0. The Bertz CT molecular complexity index is 3590. The average molecular weight is 1350 g/mol. The summed E-state index contributed by atoms with van der Waals surface area (Å²) in [6, 6.07) is 20.5. The molecule has 6 aromatic rings. The van der Waals surface area contributed by atoms with E-state index in [0.29, 0.717) is 37.8 Å². The molecule has 3 aromatic heterocycles. The van der Waals surface area contributed by atoms with Crippen molar-refractivity contribution in [1.82, 2.24) is 35.0 Å². The number of amides is 1. The SMILES string of the molecule is CC1(C)CCC(C)(C)c2cc(-c3csc(C4CCCN(C(=O)[C@H]5NCC[C@@H]5O)C4)n3)ccc21.CC1(C)CCC(C)(C)c2cc(-c3csc(C4CCN(C[C@@H](N)CCO)CC4)n3)ccc21.C[C@@H](O)[C@H](N)CN1CCCC(c2nc(-c3ccc4c(c3)C(C)(C)CCC4(C)C)cs2)C1. The second-order valence-corrected chi connectivity index (χ2v) is 36.2. The van der Waals surface area contributed by atoms with Crippen LogP contribution < -0.4 is 16.8 Å². The largest absolute Gasteiger partial charge is 0.396 e. The third-order valence-corrected chi connectivity index (χ3v) is 26.4. The van der Waals surface area contributed by atoms with Crippen LogP contribution in [0.15, 0.2) is 70.7 Å². The van der Waals surface area contributed by atoms with Gasteiger partial charge in [-0.25, -0.2) is 15.0 Å². The molecule has 13 rings (SSSR count). The Hall–Kier alpha value is -4.30. The van der Waals surface area contributed by atoms with E-state index in [1.807, 2.05) is 16.2 Å². The lowest BCUT2D eigenvalue weighted by Gasteiger charge is -2.42. The van der Waals surface area contributed by atoms with E-state index < -0.39 is 18.2 Å². The van der Waals surface area contributed by atoms with Gasteiger partial charge in [-0.3, -0.25) is 4.79 Å². The highest BCUT2D eigenvalue weighted by molar-refractivity contribution is 7.10. The summed E-state index contributed by atoms with van der Waals surface area (Å²) in [5, 5.41) is 42.4. The van der Waals surface area contributed by atoms with Crippen LogP contribution in [0.4, 0.5) is 0 Å². The van der Waals surface area contributed by atoms with Crippen molar-refractivity contribution >= 4 is 39.9 Å². The zero-order chi connectivity index (χ0) is 68.0. The van der Waals surface area contributed by atoms with Gasteiger partial charge in [0.05, 0.1) is 44.3 Å². The second kappa shape index (κ2) is 29.1. The topological polar surface area (TPSA) is 190 Å². The minimum absolute atomic E-state index is 0.0426. The van der Waals surface area contributed by atoms with Gasteiger partial charge in [0.1, 0.15) is 6.04 Å². The van der Waals surface area contributed by atoms with E-state index in [1.165, 1.54) is 105 Å². The highest BCUT2D eigenvalue weighted by Gasteiger charge is 2.42. The molecule has 3 aliphatic carbocycles. The van der Waals surface area contributed by atoms with Gasteiger partial charge in [0.15, 0.2) is 0 Å². The van der Waals surface area contributed by atoms with Crippen molar-refractivity contribution in [2.45, 2.75) is 260 Å². The van der Waals surface area contributed by atoms with E-state index in [9.17, 15) is 15.0 Å². The van der Waals surface area contributed by atoms with Gasteiger partial charge in [0.2, 0.25) is 5.91 Å². The predicted octanol–water partition coefficient (Wildman–Crippen LogP) is 14.7. The number of benzene rings is 3. The molecule has 0 saturated carbocycles. The lowest BCUT2D eigenvalue weighted by Crippen LogP contribution is -2.50. The number of nitrogens with zero attached hydrogens (tertiary/aromatic N) is 6. The van der Waals surface area contributed by atoms with E-state index in [-0.39, 0.29) is 63.0 Å². The number of likely N-dealkylation sites (tertiary alicyclic amines) is 3. The first kappa shape index (κ1) is 72.0. The van der Waals surface area contributed by atoms with Gasteiger partial charge >= 0.3 is 0 Å². The summed E-state index contributed by atoms with van der Waals surface area (Å²) in [6.45, 7) is 38.4. The third kappa shape index (κ3) is 16.3. The number of nitrogens with one attached hydrogen (secondary N) is 1. The number of thiazole rings is 3. The van der Waals surface area contributed by atoms with Crippen LogP contribution in [-0.2, 0) is 37.3 Å². The summed E-state index contributed by atoms with van der Waals surface area (Å²) >= 11 is 5.34. The molecule has 4 fully saturated rings. The molecule has 1 amide bonds. The van der Waals surface area contributed by atoms with Crippen molar-refractivity contribution in [3.8, 4) is 33.8 Å². The molecule has 518 valence electrons. The molecular weight excluding hydrogens is 1240 g/mol. The summed E-state index contributed by atoms with van der Waals surface area (Å²) in [5.41, 5.74) is 29.5. The first-order valence-corrected chi connectivity index (χ1v) is 38.8. The van der Waals surface area contributed by atoms with Crippen LogP contribution in [0, 0.1) is 0 Å². The van der Waals surface area contributed by atoms with Crippen molar-refractivity contribution in [3.63, 3.8) is 0 Å². The quantitative estimate of drug-likeness (QED) is 0.0606. The fourth-order valence-electron chi connectivity index (χ4n) is 16.4. The average Bonchev–Trinajstić information content (AvgIpc) is 1.76. The summed E-state index contributed by atoms with van der Waals surface area (Å²) < 4.78 is 0. The number of carbonyl (C=O) groups is 1. The van der Waals surface area contributed by atoms with Crippen molar-refractivity contribution in [3.05, 3.63) is 119 Å². The number of aliphatic hydroxyl groups excluding tert-OH is 3. The van der Waals surface area contributed by atoms with Crippen molar-refractivity contribution < 1.29 is 20.1 Å². The van der Waals surface area contributed by atoms with E-state index in [0.717, 1.165) is 100 Å². The monoisotopic (exact) mass is 1350 g/mol. The van der Waals surface area contributed by atoms with Gasteiger partial charge < -0.3 is 46.8 Å². The molecule has 13 nitrogen and oxygen atoms in total. The van der Waals surface area contributed by atoms with Gasteiger partial charge in [0, 0.05) is 102 Å². The first-order chi connectivity index (χ1) is 44.9. The summed E-state index contributed by atoms with van der Waals surface area (Å²) in [4.78, 5) is 35.0. The van der Waals surface area contributed by atoms with E-state index in [1.54, 1.807) is 29.6 Å². The van der Waals surface area contributed by atoms with Crippen LogP contribution in [-0.4, -0.2) is 147 Å². The number of hydrogen-bond donors (Lipinski definition) is 6. The molecule has 0 radical (unpaired) electrons. The van der Waals surface area contributed by atoms with Crippen LogP contribution >= 0.6 is 34.0 Å². The molecule has 4 saturated heterocycles. The lowest BCUT2D eigenvalue weighted by atomic mass is 9.63. The van der Waals surface area contributed by atoms with Gasteiger partial charge in [-0.2, -0.15) is 0 Å². The number of piperidine rings is 3. The number of fused-ring (bicyclic) bond motifs is 3. The zero-order valence-corrected chi connectivity index (χ0v) is 62.3. The maximum atomic E-state index is 13.0. The van der Waals surface area contributed by atoms with E-state index >= 15 is 0 Å². The summed E-state index contributed by atoms with van der Waals surface area (Å²) in [7, 11) is 0. The molecule has 16 heteroatoms. The molecule has 3 aromatic carbocycles. The number of hydrogen-bond acceptors (Lipinski definition) is 15. The molecule has 7 heterocycles. The zero-order valence-electron chi connectivity index (χ0n) is 59.8. The van der Waals surface area contributed by atoms with Crippen LogP contribution in [0.25, 0.3) is 33.8 Å². The van der Waals surface area contributed by atoms with Crippen molar-refractivity contribution in [2.24, 2.45) is 11.5 Å². The van der Waals surface area contributed by atoms with Gasteiger partial charge in [-0.1, -0.05) is 119 Å². The highest BCUT2D eigenvalue weighted by atomic mass is 32.1. The van der Waals surface area contributed by atoms with Gasteiger partial charge in [-0.05, 0) is 207 Å². The third-order valence-electron chi connectivity index (χ3n) is 23.4. The van der Waals surface area contributed by atoms with Gasteiger partial charge in [0.25, 0.3) is 0 Å².